The Morgan fingerprint density at radius 2 is 2.00 bits per heavy atom. The molecule has 0 saturated heterocycles. The molecule has 120 valence electrons. The van der Waals surface area contributed by atoms with Crippen molar-refractivity contribution in [3.8, 4) is 11.1 Å². The maximum atomic E-state index is 12.5. The Morgan fingerprint density at radius 3 is 2.74 bits per heavy atom. The van der Waals surface area contributed by atoms with Crippen molar-refractivity contribution in [1.29, 1.82) is 0 Å². The summed E-state index contributed by atoms with van der Waals surface area (Å²) < 4.78 is 0. The van der Waals surface area contributed by atoms with Crippen molar-refractivity contribution >= 4 is 17.5 Å². The fourth-order valence-electron chi connectivity index (χ4n) is 3.13. The SMILES string of the molecule is NCC1CCCC1NC(=O)c1cncc(-c2ccc(Cl)cc2)c1. The molecule has 2 unspecified atom stereocenters. The Hall–Kier alpha value is -1.91. The van der Waals surface area contributed by atoms with E-state index in [0.29, 0.717) is 23.0 Å². The number of aromatic nitrogens is 1. The van der Waals surface area contributed by atoms with E-state index in [1.54, 1.807) is 12.4 Å². The van der Waals surface area contributed by atoms with Gasteiger partial charge in [-0.3, -0.25) is 9.78 Å². The molecular formula is C18H20ClN3O. The summed E-state index contributed by atoms with van der Waals surface area (Å²) in [6.07, 6.45) is 6.55. The van der Waals surface area contributed by atoms with Gasteiger partial charge in [0.15, 0.2) is 0 Å². The van der Waals surface area contributed by atoms with Gasteiger partial charge < -0.3 is 11.1 Å². The lowest BCUT2D eigenvalue weighted by Crippen LogP contribution is -2.39. The van der Waals surface area contributed by atoms with Crippen molar-refractivity contribution in [3.05, 3.63) is 53.3 Å². The molecule has 1 heterocycles. The molecule has 0 spiro atoms. The van der Waals surface area contributed by atoms with Crippen LogP contribution in [0, 0.1) is 5.92 Å². The maximum Gasteiger partial charge on any atom is 0.253 e. The fourth-order valence-corrected chi connectivity index (χ4v) is 3.25. The van der Waals surface area contributed by atoms with Crippen LogP contribution in [0.1, 0.15) is 29.6 Å². The monoisotopic (exact) mass is 329 g/mol. The lowest BCUT2D eigenvalue weighted by molar-refractivity contribution is 0.0928. The second kappa shape index (κ2) is 7.11. The number of nitrogens with two attached hydrogens (primary N) is 1. The largest absolute Gasteiger partial charge is 0.349 e. The average Bonchev–Trinajstić information content (AvgIpc) is 3.03. The number of benzene rings is 1. The summed E-state index contributed by atoms with van der Waals surface area (Å²) in [5, 5.41) is 3.79. The topological polar surface area (TPSA) is 68.0 Å². The van der Waals surface area contributed by atoms with Crippen molar-refractivity contribution in [2.45, 2.75) is 25.3 Å². The number of hydrogen-bond acceptors (Lipinski definition) is 3. The molecule has 5 heteroatoms. The van der Waals surface area contributed by atoms with Crippen molar-refractivity contribution in [2.24, 2.45) is 11.7 Å². The lowest BCUT2D eigenvalue weighted by Gasteiger charge is -2.19. The Balaban J connectivity index is 1.76. The maximum absolute atomic E-state index is 12.5. The average molecular weight is 330 g/mol. The van der Waals surface area contributed by atoms with E-state index in [4.69, 9.17) is 17.3 Å². The molecule has 2 atom stereocenters. The van der Waals surface area contributed by atoms with Crippen LogP contribution in [0.4, 0.5) is 0 Å². The predicted octanol–water partition coefficient (Wildman–Crippen LogP) is 3.26. The molecule has 0 radical (unpaired) electrons. The van der Waals surface area contributed by atoms with Crippen LogP contribution in [0.25, 0.3) is 11.1 Å². The van der Waals surface area contributed by atoms with Gasteiger partial charge in [0.05, 0.1) is 5.56 Å². The first-order valence-electron chi connectivity index (χ1n) is 7.89. The second-order valence-electron chi connectivity index (χ2n) is 5.98. The van der Waals surface area contributed by atoms with Crippen LogP contribution in [-0.2, 0) is 0 Å². The van der Waals surface area contributed by atoms with E-state index in [1.165, 1.54) is 0 Å². The summed E-state index contributed by atoms with van der Waals surface area (Å²) in [6.45, 7) is 0.619. The molecule has 0 bridgehead atoms. The normalized spacial score (nSPS) is 20.4. The van der Waals surface area contributed by atoms with Crippen LogP contribution in [0.2, 0.25) is 5.02 Å². The number of hydrogen-bond donors (Lipinski definition) is 2. The van der Waals surface area contributed by atoms with Gasteiger partial charge >= 0.3 is 0 Å². The molecule has 1 aromatic carbocycles. The minimum Gasteiger partial charge on any atom is -0.349 e. The third-order valence-corrected chi connectivity index (χ3v) is 4.71. The predicted molar refractivity (Wildman–Crippen MR) is 92.3 cm³/mol. The van der Waals surface area contributed by atoms with Gasteiger partial charge in [0, 0.05) is 29.0 Å². The van der Waals surface area contributed by atoms with Gasteiger partial charge in [0.25, 0.3) is 5.91 Å². The smallest absolute Gasteiger partial charge is 0.253 e. The first-order valence-corrected chi connectivity index (χ1v) is 8.27. The van der Waals surface area contributed by atoms with E-state index >= 15 is 0 Å². The van der Waals surface area contributed by atoms with Gasteiger partial charge in [-0.05, 0) is 49.1 Å². The minimum atomic E-state index is -0.0846. The highest BCUT2D eigenvalue weighted by Gasteiger charge is 2.27. The number of rotatable bonds is 4. The lowest BCUT2D eigenvalue weighted by atomic mass is 10.0. The van der Waals surface area contributed by atoms with Crippen molar-refractivity contribution in [3.63, 3.8) is 0 Å². The van der Waals surface area contributed by atoms with E-state index < -0.39 is 0 Å². The van der Waals surface area contributed by atoms with Crippen LogP contribution in [-0.4, -0.2) is 23.5 Å². The van der Waals surface area contributed by atoms with E-state index in [0.717, 1.165) is 30.4 Å². The zero-order valence-corrected chi connectivity index (χ0v) is 13.6. The first kappa shape index (κ1) is 16.0. The Kier molecular flexibility index (Phi) is 4.94. The standard InChI is InChI=1S/C18H20ClN3O/c19-16-6-4-12(5-7-16)14-8-15(11-21-10-14)18(23)22-17-3-1-2-13(17)9-20/h4-8,10-11,13,17H,1-3,9,20H2,(H,22,23). The van der Waals surface area contributed by atoms with Crippen LogP contribution >= 0.6 is 11.6 Å². The van der Waals surface area contributed by atoms with Crippen molar-refractivity contribution < 1.29 is 4.79 Å². The van der Waals surface area contributed by atoms with E-state index in [9.17, 15) is 4.79 Å². The second-order valence-corrected chi connectivity index (χ2v) is 6.41. The van der Waals surface area contributed by atoms with Crippen molar-refractivity contribution in [1.82, 2.24) is 10.3 Å². The number of carbonyl (C=O) groups excluding carboxylic acids is 1. The summed E-state index contributed by atoms with van der Waals surface area (Å²) in [7, 11) is 0. The number of nitrogens with zero attached hydrogens (tertiary/aromatic N) is 1. The highest BCUT2D eigenvalue weighted by atomic mass is 35.5. The number of carbonyl (C=O) groups is 1. The van der Waals surface area contributed by atoms with Gasteiger partial charge in [0.2, 0.25) is 0 Å². The molecule has 4 nitrogen and oxygen atoms in total. The quantitative estimate of drug-likeness (QED) is 0.904. The summed E-state index contributed by atoms with van der Waals surface area (Å²) in [5.74, 6) is 0.296. The van der Waals surface area contributed by atoms with Crippen molar-refractivity contribution in [2.75, 3.05) is 6.54 Å². The molecule has 1 aliphatic rings. The van der Waals surface area contributed by atoms with E-state index in [-0.39, 0.29) is 11.9 Å². The van der Waals surface area contributed by atoms with Gasteiger partial charge in [-0.1, -0.05) is 30.2 Å². The van der Waals surface area contributed by atoms with E-state index in [1.807, 2.05) is 30.3 Å². The molecule has 3 rings (SSSR count). The number of nitrogens with one attached hydrogen (secondary N) is 1. The molecule has 3 N–H and O–H groups in total. The van der Waals surface area contributed by atoms with Crippen LogP contribution in [0.3, 0.4) is 0 Å². The van der Waals surface area contributed by atoms with Gasteiger partial charge in [0.1, 0.15) is 0 Å². The number of pyridine rings is 1. The highest BCUT2D eigenvalue weighted by molar-refractivity contribution is 6.30. The Bertz CT molecular complexity index is 687. The summed E-state index contributed by atoms with van der Waals surface area (Å²) in [4.78, 5) is 16.7. The van der Waals surface area contributed by atoms with E-state index in [2.05, 4.69) is 10.3 Å². The number of amides is 1. The zero-order valence-electron chi connectivity index (χ0n) is 12.8. The number of halogens is 1. The van der Waals surface area contributed by atoms with Crippen LogP contribution in [0.5, 0.6) is 0 Å². The molecular weight excluding hydrogens is 310 g/mol. The minimum absolute atomic E-state index is 0.0846. The highest BCUT2D eigenvalue weighted by Crippen LogP contribution is 2.25. The Labute approximate surface area is 141 Å². The van der Waals surface area contributed by atoms with Gasteiger partial charge in [-0.25, -0.2) is 0 Å². The third-order valence-electron chi connectivity index (χ3n) is 4.46. The van der Waals surface area contributed by atoms with Gasteiger partial charge in [-0.15, -0.1) is 0 Å². The van der Waals surface area contributed by atoms with Gasteiger partial charge in [-0.2, -0.15) is 0 Å². The summed E-state index contributed by atoms with van der Waals surface area (Å²) in [6, 6.07) is 9.52. The summed E-state index contributed by atoms with van der Waals surface area (Å²) in [5.41, 5.74) is 8.23. The molecule has 0 aliphatic heterocycles. The molecule has 23 heavy (non-hydrogen) atoms. The first-order chi connectivity index (χ1) is 11.2. The molecule has 1 aliphatic carbocycles. The summed E-state index contributed by atoms with van der Waals surface area (Å²) >= 11 is 5.91. The molecule has 1 fully saturated rings. The molecule has 2 aromatic rings. The zero-order chi connectivity index (χ0) is 16.2. The van der Waals surface area contributed by atoms with Crippen LogP contribution < -0.4 is 11.1 Å². The molecule has 1 amide bonds. The third kappa shape index (κ3) is 3.71. The fraction of sp³-hybridized carbons (Fsp3) is 0.333. The van der Waals surface area contributed by atoms with Crippen LogP contribution in [0.15, 0.2) is 42.7 Å². The molecule has 1 aromatic heterocycles. The molecule has 1 saturated carbocycles. The Morgan fingerprint density at radius 1 is 1.22 bits per heavy atom.